The van der Waals surface area contributed by atoms with Crippen LogP contribution in [0.3, 0.4) is 0 Å². The zero-order valence-electron chi connectivity index (χ0n) is 13.2. The summed E-state index contributed by atoms with van der Waals surface area (Å²) in [5.41, 5.74) is 3.68. The molecule has 0 aromatic heterocycles. The molecule has 0 aliphatic heterocycles. The Hall–Kier alpha value is -1.47. The number of hydrogen-bond donors (Lipinski definition) is 2. The van der Waals surface area contributed by atoms with Crippen LogP contribution in [0.1, 0.15) is 16.7 Å². The Kier molecular flexibility index (Phi) is 6.12. The highest BCUT2D eigenvalue weighted by Crippen LogP contribution is 2.25. The van der Waals surface area contributed by atoms with Crippen molar-refractivity contribution >= 4 is 45.9 Å². The molecule has 6 heteroatoms. The SMILES string of the molecule is Cc1cc(I)ccc1NC(=O)NCOc1cc(C)c(Cl)c(C)c1. The zero-order chi connectivity index (χ0) is 17.0. The highest BCUT2D eigenvalue weighted by atomic mass is 127. The molecule has 0 saturated carbocycles. The molecule has 2 amide bonds. The van der Waals surface area contributed by atoms with Gasteiger partial charge in [0.1, 0.15) is 5.75 Å². The lowest BCUT2D eigenvalue weighted by Crippen LogP contribution is -2.32. The van der Waals surface area contributed by atoms with Crippen molar-refractivity contribution in [3.63, 3.8) is 0 Å². The van der Waals surface area contributed by atoms with Crippen molar-refractivity contribution in [2.75, 3.05) is 12.0 Å². The number of amides is 2. The first-order valence-corrected chi connectivity index (χ1v) is 8.53. The van der Waals surface area contributed by atoms with Crippen molar-refractivity contribution in [3.05, 3.63) is 55.6 Å². The molecule has 0 unspecified atom stereocenters. The fourth-order valence-corrected chi connectivity index (χ4v) is 2.86. The van der Waals surface area contributed by atoms with Crippen molar-refractivity contribution in [3.8, 4) is 5.75 Å². The van der Waals surface area contributed by atoms with E-state index in [9.17, 15) is 4.79 Å². The minimum Gasteiger partial charge on any atom is -0.473 e. The van der Waals surface area contributed by atoms with Gasteiger partial charge in [0, 0.05) is 14.3 Å². The Labute approximate surface area is 154 Å². The fourth-order valence-electron chi connectivity index (χ4n) is 2.11. The van der Waals surface area contributed by atoms with Crippen LogP contribution in [0.15, 0.2) is 30.3 Å². The number of halogens is 2. The summed E-state index contributed by atoms with van der Waals surface area (Å²) in [5.74, 6) is 0.676. The lowest BCUT2D eigenvalue weighted by molar-refractivity contribution is 0.234. The first-order valence-electron chi connectivity index (χ1n) is 7.07. The molecule has 0 radical (unpaired) electrons. The Morgan fingerprint density at radius 2 is 1.78 bits per heavy atom. The van der Waals surface area contributed by atoms with Crippen molar-refractivity contribution in [1.29, 1.82) is 0 Å². The number of urea groups is 1. The molecule has 0 bridgehead atoms. The van der Waals surface area contributed by atoms with Crippen LogP contribution in [-0.4, -0.2) is 12.8 Å². The Morgan fingerprint density at radius 1 is 1.13 bits per heavy atom. The number of aryl methyl sites for hydroxylation is 3. The van der Waals surface area contributed by atoms with E-state index in [1.54, 1.807) is 0 Å². The standard InChI is InChI=1S/C17H18ClIN2O2/c1-10-6-13(19)4-5-15(10)21-17(22)20-9-23-14-7-11(2)16(18)12(3)8-14/h4-8H,9H2,1-3H3,(H2,20,21,22). The molecule has 0 heterocycles. The second-order valence-electron chi connectivity index (χ2n) is 5.25. The van der Waals surface area contributed by atoms with Crippen LogP contribution in [-0.2, 0) is 0 Å². The quantitative estimate of drug-likeness (QED) is 0.513. The average Bonchev–Trinajstić information content (AvgIpc) is 2.47. The summed E-state index contributed by atoms with van der Waals surface area (Å²) in [6, 6.07) is 9.21. The van der Waals surface area contributed by atoms with Crippen LogP contribution in [0.2, 0.25) is 5.02 Å². The number of ether oxygens (including phenoxy) is 1. The van der Waals surface area contributed by atoms with Gasteiger partial charge in [-0.3, -0.25) is 0 Å². The van der Waals surface area contributed by atoms with Crippen molar-refractivity contribution in [2.24, 2.45) is 0 Å². The van der Waals surface area contributed by atoms with Crippen LogP contribution < -0.4 is 15.4 Å². The second kappa shape index (κ2) is 7.88. The van der Waals surface area contributed by atoms with E-state index in [0.717, 1.165) is 31.0 Å². The van der Waals surface area contributed by atoms with E-state index >= 15 is 0 Å². The molecule has 2 aromatic carbocycles. The molecule has 2 rings (SSSR count). The predicted molar refractivity (Wildman–Crippen MR) is 102 cm³/mol. The topological polar surface area (TPSA) is 50.4 Å². The summed E-state index contributed by atoms with van der Waals surface area (Å²) in [7, 11) is 0. The van der Waals surface area contributed by atoms with Gasteiger partial charge in [0.25, 0.3) is 0 Å². The third kappa shape index (κ3) is 5.00. The van der Waals surface area contributed by atoms with Crippen LogP contribution in [0.25, 0.3) is 0 Å². The molecular weight excluding hydrogens is 427 g/mol. The summed E-state index contributed by atoms with van der Waals surface area (Å²) in [6.45, 7) is 5.87. The number of anilines is 1. The molecule has 122 valence electrons. The zero-order valence-corrected chi connectivity index (χ0v) is 16.1. The van der Waals surface area contributed by atoms with Gasteiger partial charge in [-0.2, -0.15) is 0 Å². The Morgan fingerprint density at radius 3 is 2.39 bits per heavy atom. The molecule has 4 nitrogen and oxygen atoms in total. The minimum absolute atomic E-state index is 0.0791. The molecule has 0 aliphatic carbocycles. The Bertz CT molecular complexity index is 712. The van der Waals surface area contributed by atoms with E-state index in [0.29, 0.717) is 5.75 Å². The molecule has 0 aliphatic rings. The van der Waals surface area contributed by atoms with Gasteiger partial charge in [-0.25, -0.2) is 4.79 Å². The number of rotatable bonds is 4. The molecule has 0 atom stereocenters. The van der Waals surface area contributed by atoms with Crippen molar-refractivity contribution in [2.45, 2.75) is 20.8 Å². The lowest BCUT2D eigenvalue weighted by atomic mass is 10.1. The fraction of sp³-hybridized carbons (Fsp3) is 0.235. The number of nitrogens with one attached hydrogen (secondary N) is 2. The van der Waals surface area contributed by atoms with E-state index in [2.05, 4.69) is 33.2 Å². The molecule has 23 heavy (non-hydrogen) atoms. The van der Waals surface area contributed by atoms with Crippen LogP contribution in [0.4, 0.5) is 10.5 Å². The number of hydrogen-bond acceptors (Lipinski definition) is 2. The normalized spacial score (nSPS) is 10.3. The van der Waals surface area contributed by atoms with E-state index in [1.165, 1.54) is 0 Å². The number of benzene rings is 2. The summed E-state index contributed by atoms with van der Waals surface area (Å²) in [4.78, 5) is 11.9. The summed E-state index contributed by atoms with van der Waals surface area (Å²) >= 11 is 8.35. The minimum atomic E-state index is -0.309. The van der Waals surface area contributed by atoms with Gasteiger partial charge in [-0.05, 0) is 90.4 Å². The van der Waals surface area contributed by atoms with Crippen LogP contribution in [0.5, 0.6) is 5.75 Å². The first-order chi connectivity index (χ1) is 10.9. The smallest absolute Gasteiger partial charge is 0.321 e. The summed E-state index contributed by atoms with van der Waals surface area (Å²) in [6.07, 6.45) is 0. The summed E-state index contributed by atoms with van der Waals surface area (Å²) in [5, 5.41) is 6.20. The van der Waals surface area contributed by atoms with Gasteiger partial charge < -0.3 is 15.4 Å². The van der Waals surface area contributed by atoms with E-state index < -0.39 is 0 Å². The molecule has 0 fully saturated rings. The van der Waals surface area contributed by atoms with Crippen molar-refractivity contribution in [1.82, 2.24) is 5.32 Å². The van der Waals surface area contributed by atoms with E-state index in [-0.39, 0.29) is 12.8 Å². The molecule has 0 spiro atoms. The van der Waals surface area contributed by atoms with Gasteiger partial charge in [-0.15, -0.1) is 0 Å². The highest BCUT2D eigenvalue weighted by Gasteiger charge is 2.06. The molecule has 2 aromatic rings. The van der Waals surface area contributed by atoms with Gasteiger partial charge in [0.2, 0.25) is 0 Å². The van der Waals surface area contributed by atoms with Crippen LogP contribution >= 0.6 is 34.2 Å². The third-order valence-corrected chi connectivity index (χ3v) is 4.59. The van der Waals surface area contributed by atoms with E-state index in [4.69, 9.17) is 16.3 Å². The van der Waals surface area contributed by atoms with Crippen molar-refractivity contribution < 1.29 is 9.53 Å². The van der Waals surface area contributed by atoms with Gasteiger partial charge in [0.05, 0.1) is 0 Å². The summed E-state index contributed by atoms with van der Waals surface area (Å²) < 4.78 is 6.68. The monoisotopic (exact) mass is 444 g/mol. The Balaban J connectivity index is 1.87. The third-order valence-electron chi connectivity index (χ3n) is 3.32. The van der Waals surface area contributed by atoms with E-state index in [1.807, 2.05) is 51.1 Å². The molecule has 2 N–H and O–H groups in total. The van der Waals surface area contributed by atoms with Gasteiger partial charge in [-0.1, -0.05) is 11.6 Å². The second-order valence-corrected chi connectivity index (χ2v) is 6.87. The number of carbonyl (C=O) groups excluding carboxylic acids is 1. The first kappa shape index (κ1) is 17.9. The largest absolute Gasteiger partial charge is 0.473 e. The predicted octanol–water partition coefficient (Wildman–Crippen LogP) is 5.03. The van der Waals surface area contributed by atoms with Crippen LogP contribution in [0, 0.1) is 24.3 Å². The molecule has 0 saturated heterocycles. The van der Waals surface area contributed by atoms with Gasteiger partial charge in [0.15, 0.2) is 6.73 Å². The molecular formula is C17H18ClIN2O2. The highest BCUT2D eigenvalue weighted by molar-refractivity contribution is 14.1. The maximum atomic E-state index is 11.9. The number of carbonyl (C=O) groups is 1. The maximum absolute atomic E-state index is 11.9. The maximum Gasteiger partial charge on any atom is 0.321 e. The van der Waals surface area contributed by atoms with Gasteiger partial charge >= 0.3 is 6.03 Å². The average molecular weight is 445 g/mol. The lowest BCUT2D eigenvalue weighted by Gasteiger charge is -2.12.